The summed E-state index contributed by atoms with van der Waals surface area (Å²) in [6.07, 6.45) is 10.3. The molecule has 0 aromatic carbocycles. The first kappa shape index (κ1) is 18.2. The van der Waals surface area contributed by atoms with Gasteiger partial charge in [-0.15, -0.1) is 0 Å². The Morgan fingerprint density at radius 2 is 1.89 bits per heavy atom. The number of nitrogens with one attached hydrogen (secondary N) is 1. The van der Waals surface area contributed by atoms with E-state index < -0.39 is 0 Å². The van der Waals surface area contributed by atoms with Crippen molar-refractivity contribution in [2.24, 2.45) is 11.8 Å². The van der Waals surface area contributed by atoms with Gasteiger partial charge in [-0.3, -0.25) is 14.5 Å². The van der Waals surface area contributed by atoms with E-state index in [1.54, 1.807) is 6.20 Å². The van der Waals surface area contributed by atoms with Crippen molar-refractivity contribution in [3.05, 3.63) is 12.3 Å². The lowest BCUT2D eigenvalue weighted by Crippen LogP contribution is -2.41. The number of anilines is 1. The molecule has 2 saturated heterocycles. The topological polar surface area (TPSA) is 70.5 Å². The van der Waals surface area contributed by atoms with Crippen LogP contribution in [0.15, 0.2) is 12.3 Å². The van der Waals surface area contributed by atoms with Crippen molar-refractivity contribution in [1.29, 1.82) is 0 Å². The normalized spacial score (nSPS) is 28.1. The zero-order valence-corrected chi connectivity index (χ0v) is 16.6. The number of fused-ring (bicyclic) bond motifs is 2. The van der Waals surface area contributed by atoms with E-state index >= 15 is 0 Å². The lowest BCUT2D eigenvalue weighted by atomic mass is 10.0. The molecule has 0 radical (unpaired) electrons. The van der Waals surface area contributed by atoms with Crippen molar-refractivity contribution in [2.45, 2.75) is 63.5 Å². The minimum atomic E-state index is 0.116. The molecular weight excluding hydrogens is 354 g/mol. The Morgan fingerprint density at radius 1 is 1.07 bits per heavy atom. The van der Waals surface area contributed by atoms with Crippen molar-refractivity contribution in [3.63, 3.8) is 0 Å². The number of likely N-dealkylation sites (tertiary alicyclic amines) is 2. The van der Waals surface area contributed by atoms with Gasteiger partial charge < -0.3 is 10.2 Å². The van der Waals surface area contributed by atoms with Gasteiger partial charge in [0.1, 0.15) is 5.82 Å². The molecule has 2 aliphatic heterocycles. The average molecular weight is 386 g/mol. The van der Waals surface area contributed by atoms with Crippen LogP contribution in [0.2, 0.25) is 0 Å². The third kappa shape index (κ3) is 3.69. The molecule has 0 unspecified atom stereocenters. The highest BCUT2D eigenvalue weighted by Crippen LogP contribution is 2.37. The van der Waals surface area contributed by atoms with Crippen molar-refractivity contribution in [3.8, 4) is 0 Å². The Morgan fingerprint density at radius 3 is 2.57 bits per heavy atom. The molecule has 28 heavy (non-hydrogen) atoms. The molecule has 1 aromatic rings. The summed E-state index contributed by atoms with van der Waals surface area (Å²) in [5.41, 5.74) is 0. The summed E-state index contributed by atoms with van der Waals surface area (Å²) in [5.74, 6) is 2.29. The molecule has 4 aliphatic rings. The predicted molar refractivity (Wildman–Crippen MR) is 106 cm³/mol. The molecule has 3 heterocycles. The summed E-state index contributed by atoms with van der Waals surface area (Å²) in [4.78, 5) is 29.3. The maximum atomic E-state index is 12.7. The van der Waals surface area contributed by atoms with Crippen LogP contribution in [-0.2, 0) is 9.59 Å². The summed E-state index contributed by atoms with van der Waals surface area (Å²) in [6.45, 7) is 3.70. The first-order valence-corrected chi connectivity index (χ1v) is 11.0. The van der Waals surface area contributed by atoms with Crippen LogP contribution in [0.4, 0.5) is 5.82 Å². The fourth-order valence-electron chi connectivity index (χ4n) is 5.34. The zero-order chi connectivity index (χ0) is 19.1. The standard InChI is InChI=1S/C21H31N5O2/c27-20(8-12-25-14-15-1-4-18(25)13-15)24-10-6-17(7-11-24)26-19(5-9-22-26)23-21(28)16-2-3-16/h5,9,15-18H,1-4,6-8,10-14H2,(H,23,28)/t15-,18-/m1/s1. The second kappa shape index (κ2) is 7.50. The average Bonchev–Trinajstić information content (AvgIpc) is 3.12. The van der Waals surface area contributed by atoms with Gasteiger partial charge in [-0.1, -0.05) is 0 Å². The van der Waals surface area contributed by atoms with Gasteiger partial charge in [0.25, 0.3) is 0 Å². The van der Waals surface area contributed by atoms with E-state index in [0.717, 1.165) is 63.1 Å². The third-order valence-corrected chi connectivity index (χ3v) is 7.17. The highest BCUT2D eigenvalue weighted by molar-refractivity contribution is 5.93. The molecule has 2 saturated carbocycles. The summed E-state index contributed by atoms with van der Waals surface area (Å²) < 4.78 is 1.95. The number of piperidine rings is 2. The highest BCUT2D eigenvalue weighted by atomic mass is 16.2. The summed E-state index contributed by atoms with van der Waals surface area (Å²) in [7, 11) is 0. The number of nitrogens with zero attached hydrogens (tertiary/aromatic N) is 4. The van der Waals surface area contributed by atoms with E-state index in [2.05, 4.69) is 15.3 Å². The quantitative estimate of drug-likeness (QED) is 0.816. The van der Waals surface area contributed by atoms with Crippen LogP contribution in [0.25, 0.3) is 0 Å². The van der Waals surface area contributed by atoms with Crippen LogP contribution >= 0.6 is 0 Å². The number of carbonyl (C=O) groups is 2. The van der Waals surface area contributed by atoms with Gasteiger partial charge in [0.05, 0.1) is 12.2 Å². The number of rotatable bonds is 6. The minimum absolute atomic E-state index is 0.116. The van der Waals surface area contributed by atoms with E-state index in [0.29, 0.717) is 12.3 Å². The molecule has 1 aromatic heterocycles. The van der Waals surface area contributed by atoms with Crippen LogP contribution in [-0.4, -0.2) is 63.6 Å². The van der Waals surface area contributed by atoms with E-state index in [-0.39, 0.29) is 17.9 Å². The molecule has 7 nitrogen and oxygen atoms in total. The molecule has 2 bridgehead atoms. The molecule has 1 N–H and O–H groups in total. The smallest absolute Gasteiger partial charge is 0.228 e. The largest absolute Gasteiger partial charge is 0.343 e. The van der Waals surface area contributed by atoms with Crippen molar-refractivity contribution < 1.29 is 9.59 Å². The first-order valence-electron chi connectivity index (χ1n) is 11.0. The number of aromatic nitrogens is 2. The Balaban J connectivity index is 1.10. The van der Waals surface area contributed by atoms with Gasteiger partial charge in [0, 0.05) is 50.6 Å². The van der Waals surface area contributed by atoms with Gasteiger partial charge in [-0.25, -0.2) is 4.68 Å². The number of hydrogen-bond donors (Lipinski definition) is 1. The van der Waals surface area contributed by atoms with Gasteiger partial charge in [-0.2, -0.15) is 5.10 Å². The van der Waals surface area contributed by atoms with Crippen LogP contribution in [0.5, 0.6) is 0 Å². The van der Waals surface area contributed by atoms with E-state index in [1.165, 1.54) is 25.8 Å². The Labute approximate surface area is 166 Å². The van der Waals surface area contributed by atoms with Crippen molar-refractivity contribution in [1.82, 2.24) is 19.6 Å². The lowest BCUT2D eigenvalue weighted by Gasteiger charge is -2.33. The maximum absolute atomic E-state index is 12.7. The lowest BCUT2D eigenvalue weighted by molar-refractivity contribution is -0.133. The van der Waals surface area contributed by atoms with Crippen LogP contribution in [0.1, 0.15) is 57.4 Å². The van der Waals surface area contributed by atoms with E-state index in [9.17, 15) is 9.59 Å². The van der Waals surface area contributed by atoms with Crippen molar-refractivity contribution >= 4 is 17.6 Å². The van der Waals surface area contributed by atoms with Gasteiger partial charge in [0.15, 0.2) is 0 Å². The Hall–Kier alpha value is -1.89. The number of carbonyl (C=O) groups excluding carboxylic acids is 2. The summed E-state index contributed by atoms with van der Waals surface area (Å²) >= 11 is 0. The van der Waals surface area contributed by atoms with Crippen LogP contribution in [0, 0.1) is 11.8 Å². The molecular formula is C21H31N5O2. The molecule has 2 atom stereocenters. The highest BCUT2D eigenvalue weighted by Gasteiger charge is 2.37. The van der Waals surface area contributed by atoms with E-state index in [1.807, 2.05) is 15.6 Å². The predicted octanol–water partition coefficient (Wildman–Crippen LogP) is 2.27. The molecule has 5 rings (SSSR count). The number of amides is 2. The Kier molecular flexibility index (Phi) is 4.87. The third-order valence-electron chi connectivity index (χ3n) is 7.17. The Bertz CT molecular complexity index is 735. The molecule has 0 spiro atoms. The fourth-order valence-corrected chi connectivity index (χ4v) is 5.34. The SMILES string of the molecule is O=C(Nc1ccnn1C1CCN(C(=O)CCN2C[C@@H]3CC[C@@H]2C3)CC1)C1CC1. The fraction of sp³-hybridized carbons (Fsp3) is 0.762. The van der Waals surface area contributed by atoms with E-state index in [4.69, 9.17) is 0 Å². The minimum Gasteiger partial charge on any atom is -0.343 e. The van der Waals surface area contributed by atoms with Gasteiger partial charge in [-0.05, 0) is 50.9 Å². The number of hydrogen-bond acceptors (Lipinski definition) is 4. The summed E-state index contributed by atoms with van der Waals surface area (Å²) in [6, 6.07) is 2.87. The molecule has 2 aliphatic carbocycles. The molecule has 2 amide bonds. The van der Waals surface area contributed by atoms with Crippen molar-refractivity contribution in [2.75, 3.05) is 31.5 Å². The van der Waals surface area contributed by atoms with Gasteiger partial charge in [0.2, 0.25) is 11.8 Å². The first-order chi connectivity index (χ1) is 13.7. The molecule has 152 valence electrons. The second-order valence-electron chi connectivity index (χ2n) is 9.11. The summed E-state index contributed by atoms with van der Waals surface area (Å²) in [5, 5.41) is 7.47. The molecule has 7 heteroatoms. The monoisotopic (exact) mass is 385 g/mol. The van der Waals surface area contributed by atoms with Crippen LogP contribution < -0.4 is 5.32 Å². The van der Waals surface area contributed by atoms with Gasteiger partial charge >= 0.3 is 0 Å². The zero-order valence-electron chi connectivity index (χ0n) is 16.6. The maximum Gasteiger partial charge on any atom is 0.228 e. The van der Waals surface area contributed by atoms with Crippen LogP contribution in [0.3, 0.4) is 0 Å². The molecule has 4 fully saturated rings. The second-order valence-corrected chi connectivity index (χ2v) is 9.11.